The molecule has 10 nitrogen and oxygen atoms in total. The lowest BCUT2D eigenvalue weighted by Crippen LogP contribution is -2.48. The maximum atomic E-state index is 15.6. The van der Waals surface area contributed by atoms with Crippen molar-refractivity contribution in [1.82, 2.24) is 24.6 Å². The van der Waals surface area contributed by atoms with Gasteiger partial charge < -0.3 is 21.1 Å². The first-order chi connectivity index (χ1) is 17.5. The van der Waals surface area contributed by atoms with Crippen molar-refractivity contribution in [3.8, 4) is 5.69 Å². The molecule has 190 valence electrons. The molecule has 1 aliphatic carbocycles. The Kier molecular flexibility index (Phi) is 7.10. The van der Waals surface area contributed by atoms with Crippen LogP contribution in [-0.4, -0.2) is 74.0 Å². The summed E-state index contributed by atoms with van der Waals surface area (Å²) >= 11 is 0. The maximum absolute atomic E-state index is 15.6. The minimum absolute atomic E-state index is 0.0835. The zero-order valence-electron chi connectivity index (χ0n) is 20.0. The Morgan fingerprint density at radius 2 is 2.03 bits per heavy atom. The van der Waals surface area contributed by atoms with Gasteiger partial charge in [0.1, 0.15) is 6.33 Å². The molecule has 1 saturated heterocycles. The standard InChI is InChI=1S/C25H31FN8O2/c26-23-24(28-12-18-8-11-32(14-21(18)35)15-22(27)36)29-16-30-25(23)33(19-6-7-19)13-17-2-4-20(5-3-17)34-10-1-9-31-34/h1-5,9-10,16,18-19,21,35H,6-8,11-15H2,(H2,27,36)(H,28,29,30). The maximum Gasteiger partial charge on any atom is 0.231 e. The van der Waals surface area contributed by atoms with E-state index >= 15 is 4.39 Å². The predicted molar refractivity (Wildman–Crippen MR) is 133 cm³/mol. The number of anilines is 2. The van der Waals surface area contributed by atoms with Crippen LogP contribution in [0.1, 0.15) is 24.8 Å². The first-order valence-corrected chi connectivity index (χ1v) is 12.3. The lowest BCUT2D eigenvalue weighted by atomic mass is 9.93. The highest BCUT2D eigenvalue weighted by Gasteiger charge is 2.33. The molecule has 2 aliphatic rings. The van der Waals surface area contributed by atoms with Gasteiger partial charge in [0.2, 0.25) is 11.7 Å². The van der Waals surface area contributed by atoms with Gasteiger partial charge in [-0.15, -0.1) is 0 Å². The number of β-amino-alcohol motifs (C(OH)–C–C–N with tert-alkyl or cyclic N) is 1. The third-order valence-electron chi connectivity index (χ3n) is 6.81. The fourth-order valence-corrected chi connectivity index (χ4v) is 4.70. The summed E-state index contributed by atoms with van der Waals surface area (Å²) in [6, 6.07) is 10.2. The molecular weight excluding hydrogens is 463 g/mol. The Bertz CT molecular complexity index is 1170. The third kappa shape index (κ3) is 5.63. The number of piperidine rings is 1. The third-order valence-corrected chi connectivity index (χ3v) is 6.81. The first-order valence-electron chi connectivity index (χ1n) is 12.3. The number of benzene rings is 1. The topological polar surface area (TPSA) is 125 Å². The summed E-state index contributed by atoms with van der Waals surface area (Å²) in [5.41, 5.74) is 7.27. The van der Waals surface area contributed by atoms with Gasteiger partial charge in [-0.2, -0.15) is 9.49 Å². The number of aliphatic hydroxyl groups is 1. The van der Waals surface area contributed by atoms with E-state index in [9.17, 15) is 9.90 Å². The van der Waals surface area contributed by atoms with Crippen LogP contribution in [0.4, 0.5) is 16.0 Å². The summed E-state index contributed by atoms with van der Waals surface area (Å²) in [7, 11) is 0. The minimum Gasteiger partial charge on any atom is -0.391 e. The van der Waals surface area contributed by atoms with E-state index in [-0.39, 0.29) is 30.1 Å². The van der Waals surface area contributed by atoms with E-state index in [1.165, 1.54) is 6.33 Å². The van der Waals surface area contributed by atoms with Gasteiger partial charge in [-0.25, -0.2) is 14.6 Å². The SMILES string of the molecule is NC(=O)CN1CCC(CNc2ncnc(N(Cc3ccc(-n4cccn4)cc3)C3CC3)c2F)C(O)C1. The van der Waals surface area contributed by atoms with Gasteiger partial charge in [-0.05, 0) is 49.6 Å². The van der Waals surface area contributed by atoms with Crippen LogP contribution in [0, 0.1) is 11.7 Å². The summed E-state index contributed by atoms with van der Waals surface area (Å²) in [4.78, 5) is 23.4. The second-order valence-electron chi connectivity index (χ2n) is 9.53. The molecule has 3 aromatic rings. The average Bonchev–Trinajstić information content (AvgIpc) is 3.56. The molecule has 1 aromatic carbocycles. The predicted octanol–water partition coefficient (Wildman–Crippen LogP) is 1.55. The van der Waals surface area contributed by atoms with Gasteiger partial charge in [0, 0.05) is 44.0 Å². The van der Waals surface area contributed by atoms with E-state index in [2.05, 4.69) is 20.4 Å². The molecule has 2 atom stereocenters. The smallest absolute Gasteiger partial charge is 0.231 e. The fraction of sp³-hybridized carbons (Fsp3) is 0.440. The summed E-state index contributed by atoms with van der Waals surface area (Å²) in [6.45, 7) is 2.05. The number of aromatic nitrogens is 4. The average molecular weight is 495 g/mol. The van der Waals surface area contributed by atoms with Crippen molar-refractivity contribution < 1.29 is 14.3 Å². The van der Waals surface area contributed by atoms with Crippen molar-refractivity contribution in [3.05, 3.63) is 60.4 Å². The number of likely N-dealkylation sites (tertiary alicyclic amines) is 1. The van der Waals surface area contributed by atoms with Crippen molar-refractivity contribution in [2.24, 2.45) is 11.7 Å². The number of carbonyl (C=O) groups is 1. The highest BCUT2D eigenvalue weighted by molar-refractivity contribution is 5.75. The van der Waals surface area contributed by atoms with Gasteiger partial charge in [0.25, 0.3) is 0 Å². The summed E-state index contributed by atoms with van der Waals surface area (Å²) in [5.74, 6) is -0.573. The van der Waals surface area contributed by atoms with E-state index < -0.39 is 17.8 Å². The van der Waals surface area contributed by atoms with Crippen LogP contribution in [-0.2, 0) is 11.3 Å². The molecule has 5 rings (SSSR count). The number of nitrogens with one attached hydrogen (secondary N) is 1. The Balaban J connectivity index is 1.24. The number of nitrogens with zero attached hydrogens (tertiary/aromatic N) is 6. The highest BCUT2D eigenvalue weighted by atomic mass is 19.1. The quantitative estimate of drug-likeness (QED) is 0.388. The number of nitrogens with two attached hydrogens (primary N) is 1. The second kappa shape index (κ2) is 10.6. The highest BCUT2D eigenvalue weighted by Crippen LogP contribution is 2.34. The summed E-state index contributed by atoms with van der Waals surface area (Å²) in [6.07, 6.45) is 7.02. The molecule has 2 aromatic heterocycles. The number of halogens is 1. The van der Waals surface area contributed by atoms with E-state index in [4.69, 9.17) is 5.73 Å². The molecule has 3 heterocycles. The molecule has 0 bridgehead atoms. The Morgan fingerprint density at radius 3 is 2.69 bits per heavy atom. The molecule has 2 fully saturated rings. The minimum atomic E-state index is -0.636. The number of primary amides is 1. The summed E-state index contributed by atoms with van der Waals surface area (Å²) in [5, 5.41) is 17.8. The van der Waals surface area contributed by atoms with Crippen LogP contribution in [0.3, 0.4) is 0 Å². The zero-order valence-corrected chi connectivity index (χ0v) is 20.0. The van der Waals surface area contributed by atoms with Gasteiger partial charge in [-0.3, -0.25) is 9.69 Å². The van der Waals surface area contributed by atoms with Crippen LogP contribution in [0.15, 0.2) is 49.1 Å². The van der Waals surface area contributed by atoms with Crippen LogP contribution in [0.5, 0.6) is 0 Å². The number of carbonyl (C=O) groups excluding carboxylic acids is 1. The van der Waals surface area contributed by atoms with E-state index in [0.717, 1.165) is 24.1 Å². The molecular formula is C25H31FN8O2. The molecule has 4 N–H and O–H groups in total. The first kappa shape index (κ1) is 24.1. The normalized spacial score (nSPS) is 20.3. The molecule has 1 saturated carbocycles. The Hall–Kier alpha value is -3.57. The molecule has 2 unspecified atom stereocenters. The lowest BCUT2D eigenvalue weighted by Gasteiger charge is -2.35. The van der Waals surface area contributed by atoms with E-state index in [0.29, 0.717) is 32.6 Å². The van der Waals surface area contributed by atoms with Gasteiger partial charge in [0.15, 0.2) is 11.6 Å². The zero-order chi connectivity index (χ0) is 25.1. The number of hydrogen-bond acceptors (Lipinski definition) is 8. The fourth-order valence-electron chi connectivity index (χ4n) is 4.70. The molecule has 0 spiro atoms. The molecule has 1 aliphatic heterocycles. The molecule has 36 heavy (non-hydrogen) atoms. The molecule has 11 heteroatoms. The van der Waals surface area contributed by atoms with E-state index in [1.807, 2.05) is 46.3 Å². The van der Waals surface area contributed by atoms with Crippen molar-refractivity contribution in [2.45, 2.75) is 38.0 Å². The van der Waals surface area contributed by atoms with Crippen molar-refractivity contribution >= 4 is 17.5 Å². The monoisotopic (exact) mass is 494 g/mol. The van der Waals surface area contributed by atoms with Gasteiger partial charge in [0.05, 0.1) is 18.3 Å². The van der Waals surface area contributed by atoms with Crippen molar-refractivity contribution in [3.63, 3.8) is 0 Å². The van der Waals surface area contributed by atoms with Gasteiger partial charge >= 0.3 is 0 Å². The summed E-state index contributed by atoms with van der Waals surface area (Å²) < 4.78 is 17.4. The Labute approximate surface area is 208 Å². The largest absolute Gasteiger partial charge is 0.391 e. The van der Waals surface area contributed by atoms with Crippen LogP contribution >= 0.6 is 0 Å². The van der Waals surface area contributed by atoms with Crippen LogP contribution in [0.2, 0.25) is 0 Å². The van der Waals surface area contributed by atoms with Crippen molar-refractivity contribution in [2.75, 3.05) is 36.4 Å². The van der Waals surface area contributed by atoms with Crippen molar-refractivity contribution in [1.29, 1.82) is 0 Å². The molecule has 0 radical (unpaired) electrons. The number of hydrogen-bond donors (Lipinski definition) is 3. The number of aliphatic hydroxyl groups excluding tert-OH is 1. The Morgan fingerprint density at radius 1 is 1.22 bits per heavy atom. The van der Waals surface area contributed by atoms with Crippen LogP contribution < -0.4 is 16.0 Å². The number of rotatable bonds is 10. The second-order valence-corrected chi connectivity index (χ2v) is 9.53. The van der Waals surface area contributed by atoms with Crippen LogP contribution in [0.25, 0.3) is 5.69 Å². The molecule has 1 amide bonds. The van der Waals surface area contributed by atoms with Gasteiger partial charge in [-0.1, -0.05) is 12.1 Å². The van der Waals surface area contributed by atoms with E-state index in [1.54, 1.807) is 10.9 Å². The lowest BCUT2D eigenvalue weighted by molar-refractivity contribution is -0.120. The number of amides is 1.